The first-order valence-electron chi connectivity index (χ1n) is 7.24. The van der Waals surface area contributed by atoms with Gasteiger partial charge in [-0.05, 0) is 42.1 Å². The molecule has 1 amide bonds. The van der Waals surface area contributed by atoms with Crippen LogP contribution in [0, 0.1) is 0 Å². The number of rotatable bonds is 4. The van der Waals surface area contributed by atoms with Crippen molar-refractivity contribution in [3.63, 3.8) is 0 Å². The summed E-state index contributed by atoms with van der Waals surface area (Å²) < 4.78 is 5.47. The molecule has 2 heterocycles. The number of ether oxygens (including phenoxy) is 1. The second kappa shape index (κ2) is 6.23. The van der Waals surface area contributed by atoms with Gasteiger partial charge in [-0.25, -0.2) is 5.01 Å². The Labute approximate surface area is 134 Å². The van der Waals surface area contributed by atoms with Crippen molar-refractivity contribution in [3.05, 3.63) is 58.3 Å². The molecule has 1 aliphatic rings. The van der Waals surface area contributed by atoms with Gasteiger partial charge in [0.25, 0.3) is 0 Å². The van der Waals surface area contributed by atoms with Crippen LogP contribution in [0.5, 0.6) is 5.75 Å². The Morgan fingerprint density at radius 3 is 2.68 bits per heavy atom. The summed E-state index contributed by atoms with van der Waals surface area (Å²) in [5.41, 5.74) is 5.23. The third-order valence-corrected chi connectivity index (χ3v) is 4.41. The second-order valence-corrected chi connectivity index (χ2v) is 5.95. The van der Waals surface area contributed by atoms with E-state index in [9.17, 15) is 4.79 Å². The van der Waals surface area contributed by atoms with Crippen molar-refractivity contribution in [3.8, 4) is 5.75 Å². The van der Waals surface area contributed by atoms with Crippen LogP contribution in [0.1, 0.15) is 30.3 Å². The fraction of sp³-hybridized carbons (Fsp3) is 0.235. The van der Waals surface area contributed by atoms with Crippen LogP contribution in [0.2, 0.25) is 0 Å². The van der Waals surface area contributed by atoms with Crippen LogP contribution in [0.25, 0.3) is 5.70 Å². The molecular weight excluding hydrogens is 296 g/mol. The Hall–Kier alpha value is -2.27. The maximum atomic E-state index is 11.9. The van der Waals surface area contributed by atoms with Crippen molar-refractivity contribution >= 4 is 22.9 Å². The van der Waals surface area contributed by atoms with E-state index in [0.29, 0.717) is 6.61 Å². The number of hydrogen-bond donors (Lipinski definition) is 1. The zero-order valence-electron chi connectivity index (χ0n) is 12.6. The fourth-order valence-electron chi connectivity index (χ4n) is 2.49. The Balaban J connectivity index is 1.89. The van der Waals surface area contributed by atoms with E-state index < -0.39 is 0 Å². The minimum Gasteiger partial charge on any atom is -0.494 e. The highest BCUT2D eigenvalue weighted by Gasteiger charge is 2.28. The van der Waals surface area contributed by atoms with Gasteiger partial charge < -0.3 is 4.74 Å². The molecule has 0 spiro atoms. The molecule has 0 radical (unpaired) electrons. The molecule has 0 bridgehead atoms. The number of nitrogens with zero attached hydrogens (tertiary/aromatic N) is 1. The van der Waals surface area contributed by atoms with Crippen molar-refractivity contribution in [1.82, 2.24) is 10.4 Å². The normalized spacial score (nSPS) is 17.1. The van der Waals surface area contributed by atoms with Crippen LogP contribution in [0.4, 0.5) is 0 Å². The molecule has 5 heteroatoms. The Morgan fingerprint density at radius 1 is 1.32 bits per heavy atom. The first kappa shape index (κ1) is 14.7. The molecule has 0 saturated heterocycles. The van der Waals surface area contributed by atoms with E-state index in [1.807, 2.05) is 48.7 Å². The van der Waals surface area contributed by atoms with Crippen molar-refractivity contribution < 1.29 is 9.53 Å². The number of thiophene rings is 1. The van der Waals surface area contributed by atoms with Gasteiger partial charge in [-0.1, -0.05) is 18.2 Å². The molecule has 1 aliphatic heterocycles. The van der Waals surface area contributed by atoms with Crippen molar-refractivity contribution in [1.29, 1.82) is 0 Å². The Kier molecular flexibility index (Phi) is 4.15. The van der Waals surface area contributed by atoms with Gasteiger partial charge in [0.2, 0.25) is 5.91 Å². The summed E-state index contributed by atoms with van der Waals surface area (Å²) in [5.74, 6) is 0.829. The van der Waals surface area contributed by atoms with Gasteiger partial charge in [0.1, 0.15) is 5.75 Å². The summed E-state index contributed by atoms with van der Waals surface area (Å²) in [6.45, 7) is 4.18. The van der Waals surface area contributed by atoms with Crippen LogP contribution < -0.4 is 10.2 Å². The van der Waals surface area contributed by atoms with Crippen LogP contribution in [0.3, 0.4) is 0 Å². The van der Waals surface area contributed by atoms with E-state index in [1.54, 1.807) is 23.3 Å². The third-order valence-electron chi connectivity index (χ3n) is 3.50. The summed E-state index contributed by atoms with van der Waals surface area (Å²) in [6.07, 6.45) is 2.09. The van der Waals surface area contributed by atoms with E-state index in [4.69, 9.17) is 4.74 Å². The molecule has 1 aromatic heterocycles. The average Bonchev–Trinajstić information content (AvgIpc) is 3.17. The van der Waals surface area contributed by atoms with Gasteiger partial charge in [0.15, 0.2) is 0 Å². The van der Waals surface area contributed by atoms with E-state index in [0.717, 1.165) is 21.9 Å². The molecule has 2 aromatic rings. The summed E-state index contributed by atoms with van der Waals surface area (Å²) in [4.78, 5) is 13.0. The topological polar surface area (TPSA) is 41.6 Å². The SMILES string of the molecule is CCOc1ccc([C@@H]2C=C(c3cccs3)NN2C(C)=O)cc1. The molecule has 0 aliphatic carbocycles. The van der Waals surface area contributed by atoms with Crippen molar-refractivity contribution in [2.24, 2.45) is 0 Å². The lowest BCUT2D eigenvalue weighted by atomic mass is 10.1. The molecule has 4 nitrogen and oxygen atoms in total. The number of carbonyl (C=O) groups excluding carboxylic acids is 1. The minimum absolute atomic E-state index is 0.0123. The van der Waals surface area contributed by atoms with Crippen molar-refractivity contribution in [2.45, 2.75) is 19.9 Å². The third kappa shape index (κ3) is 2.85. The summed E-state index contributed by atoms with van der Waals surface area (Å²) in [6, 6.07) is 11.8. The van der Waals surface area contributed by atoms with Crippen LogP contribution in [-0.2, 0) is 4.79 Å². The number of hydrogen-bond acceptors (Lipinski definition) is 4. The molecule has 114 valence electrons. The number of hydrazine groups is 1. The smallest absolute Gasteiger partial charge is 0.238 e. The predicted octanol–water partition coefficient (Wildman–Crippen LogP) is 3.60. The lowest BCUT2D eigenvalue weighted by Gasteiger charge is -2.24. The fourth-order valence-corrected chi connectivity index (χ4v) is 3.19. The van der Waals surface area contributed by atoms with E-state index in [2.05, 4.69) is 11.5 Å². The number of benzene rings is 1. The molecule has 3 rings (SSSR count). The summed E-state index contributed by atoms with van der Waals surface area (Å²) >= 11 is 1.65. The number of amides is 1. The molecule has 0 fully saturated rings. The first-order chi connectivity index (χ1) is 10.7. The lowest BCUT2D eigenvalue weighted by Crippen LogP contribution is -2.37. The molecular formula is C17H18N2O2S. The molecule has 22 heavy (non-hydrogen) atoms. The summed E-state index contributed by atoms with van der Waals surface area (Å²) in [7, 11) is 0. The minimum atomic E-state index is -0.106. The van der Waals surface area contributed by atoms with Gasteiger partial charge in [-0.15, -0.1) is 11.3 Å². The molecule has 1 N–H and O–H groups in total. The van der Waals surface area contributed by atoms with Crippen LogP contribution in [0.15, 0.2) is 47.9 Å². The van der Waals surface area contributed by atoms with Gasteiger partial charge >= 0.3 is 0 Å². The first-order valence-corrected chi connectivity index (χ1v) is 8.12. The maximum Gasteiger partial charge on any atom is 0.238 e. The van der Waals surface area contributed by atoms with Gasteiger partial charge in [0.05, 0.1) is 23.2 Å². The van der Waals surface area contributed by atoms with Gasteiger partial charge in [-0.3, -0.25) is 10.2 Å². The summed E-state index contributed by atoms with van der Waals surface area (Å²) in [5, 5.41) is 3.69. The van der Waals surface area contributed by atoms with Crippen LogP contribution in [-0.4, -0.2) is 17.5 Å². The molecule has 1 aromatic carbocycles. The highest BCUT2D eigenvalue weighted by atomic mass is 32.1. The zero-order chi connectivity index (χ0) is 15.5. The Morgan fingerprint density at radius 2 is 2.09 bits per heavy atom. The quantitative estimate of drug-likeness (QED) is 0.937. The molecule has 0 unspecified atom stereocenters. The highest BCUT2D eigenvalue weighted by Crippen LogP contribution is 2.33. The maximum absolute atomic E-state index is 11.9. The molecule has 0 saturated carbocycles. The zero-order valence-corrected chi connectivity index (χ0v) is 13.4. The number of carbonyl (C=O) groups is 1. The highest BCUT2D eigenvalue weighted by molar-refractivity contribution is 7.11. The average molecular weight is 314 g/mol. The lowest BCUT2D eigenvalue weighted by molar-refractivity contribution is -0.132. The second-order valence-electron chi connectivity index (χ2n) is 5.01. The van der Waals surface area contributed by atoms with E-state index in [1.165, 1.54) is 0 Å². The van der Waals surface area contributed by atoms with Crippen LogP contribution >= 0.6 is 11.3 Å². The Bertz CT molecular complexity index is 677. The van der Waals surface area contributed by atoms with E-state index in [-0.39, 0.29) is 11.9 Å². The van der Waals surface area contributed by atoms with E-state index >= 15 is 0 Å². The standard InChI is InChI=1S/C17H18N2O2S/c1-3-21-14-8-6-13(7-9-14)16-11-15(17-5-4-10-22-17)18-19(16)12(2)20/h4-11,16,18H,3H2,1-2H3/t16-/m0/s1. The predicted molar refractivity (Wildman–Crippen MR) is 88.3 cm³/mol. The largest absolute Gasteiger partial charge is 0.494 e. The van der Waals surface area contributed by atoms with Gasteiger partial charge in [0, 0.05) is 6.92 Å². The molecule has 1 atom stereocenters. The van der Waals surface area contributed by atoms with Crippen molar-refractivity contribution in [2.75, 3.05) is 6.61 Å². The monoisotopic (exact) mass is 314 g/mol. The van der Waals surface area contributed by atoms with Gasteiger partial charge in [-0.2, -0.15) is 0 Å². The number of nitrogens with one attached hydrogen (secondary N) is 1.